The number of anilines is 1. The second kappa shape index (κ2) is 9.09. The van der Waals surface area contributed by atoms with Crippen LogP contribution >= 0.6 is 0 Å². The zero-order valence-corrected chi connectivity index (χ0v) is 15.4. The zero-order chi connectivity index (χ0) is 18.2. The molecule has 4 heteroatoms. The number of amides is 1. The number of aromatic nitrogens is 1. The monoisotopic (exact) mass is 349 g/mol. The standard InChI is InChI=1S/C22H27N3O/c1-25(19-10-3-2-4-11-19)16-8-15-23-22(26)14-7-9-18-17-24-21-13-6-5-12-20(18)21/h2-6,10-13,17,24H,7-9,14-16H2,1H3,(H,23,26). The Morgan fingerprint density at radius 1 is 1.04 bits per heavy atom. The van der Waals surface area contributed by atoms with E-state index in [4.69, 9.17) is 0 Å². The van der Waals surface area contributed by atoms with Gasteiger partial charge in [0.1, 0.15) is 0 Å². The highest BCUT2D eigenvalue weighted by Gasteiger charge is 2.06. The molecule has 0 fully saturated rings. The van der Waals surface area contributed by atoms with E-state index in [1.54, 1.807) is 0 Å². The topological polar surface area (TPSA) is 48.1 Å². The molecule has 0 saturated carbocycles. The normalized spacial score (nSPS) is 10.8. The van der Waals surface area contributed by atoms with Crippen LogP contribution in [0.2, 0.25) is 0 Å². The van der Waals surface area contributed by atoms with E-state index >= 15 is 0 Å². The summed E-state index contributed by atoms with van der Waals surface area (Å²) < 4.78 is 0. The third-order valence-corrected chi connectivity index (χ3v) is 4.71. The van der Waals surface area contributed by atoms with E-state index in [9.17, 15) is 4.79 Å². The van der Waals surface area contributed by atoms with Gasteiger partial charge in [0.05, 0.1) is 0 Å². The molecule has 0 aliphatic heterocycles. The van der Waals surface area contributed by atoms with Crippen molar-refractivity contribution in [3.8, 4) is 0 Å². The minimum Gasteiger partial charge on any atom is -0.375 e. The number of nitrogens with one attached hydrogen (secondary N) is 2. The summed E-state index contributed by atoms with van der Waals surface area (Å²) in [6.45, 7) is 1.66. The van der Waals surface area contributed by atoms with Gasteiger partial charge >= 0.3 is 0 Å². The molecule has 0 spiro atoms. The number of carbonyl (C=O) groups is 1. The highest BCUT2D eigenvalue weighted by molar-refractivity contribution is 5.83. The van der Waals surface area contributed by atoms with E-state index in [-0.39, 0.29) is 5.91 Å². The molecular formula is C22H27N3O. The van der Waals surface area contributed by atoms with E-state index < -0.39 is 0 Å². The van der Waals surface area contributed by atoms with Crippen LogP contribution in [0.15, 0.2) is 60.8 Å². The Kier molecular flexibility index (Phi) is 6.31. The summed E-state index contributed by atoms with van der Waals surface area (Å²) in [7, 11) is 2.08. The minimum absolute atomic E-state index is 0.146. The van der Waals surface area contributed by atoms with Crippen molar-refractivity contribution in [3.05, 3.63) is 66.4 Å². The van der Waals surface area contributed by atoms with Crippen LogP contribution in [-0.2, 0) is 11.2 Å². The highest BCUT2D eigenvalue weighted by atomic mass is 16.1. The van der Waals surface area contributed by atoms with Crippen molar-refractivity contribution in [2.45, 2.75) is 25.7 Å². The van der Waals surface area contributed by atoms with Gasteiger partial charge in [-0.1, -0.05) is 36.4 Å². The average Bonchev–Trinajstić information content (AvgIpc) is 3.09. The molecule has 0 aliphatic carbocycles. The molecule has 26 heavy (non-hydrogen) atoms. The molecule has 3 aromatic rings. The Morgan fingerprint density at radius 2 is 1.81 bits per heavy atom. The Morgan fingerprint density at radius 3 is 2.65 bits per heavy atom. The van der Waals surface area contributed by atoms with E-state index in [2.05, 4.69) is 58.8 Å². The Hall–Kier alpha value is -2.75. The molecule has 0 unspecified atom stereocenters. The van der Waals surface area contributed by atoms with Crippen molar-refractivity contribution in [2.75, 3.05) is 25.0 Å². The summed E-state index contributed by atoms with van der Waals surface area (Å²) in [4.78, 5) is 17.5. The quantitative estimate of drug-likeness (QED) is 0.571. The smallest absolute Gasteiger partial charge is 0.220 e. The van der Waals surface area contributed by atoms with Gasteiger partial charge in [-0.05, 0) is 43.0 Å². The molecule has 3 rings (SSSR count). The molecule has 2 N–H and O–H groups in total. The number of carbonyl (C=O) groups excluding carboxylic acids is 1. The zero-order valence-electron chi connectivity index (χ0n) is 15.4. The molecular weight excluding hydrogens is 322 g/mol. The Labute approximate surface area is 155 Å². The maximum Gasteiger partial charge on any atom is 0.220 e. The van der Waals surface area contributed by atoms with Crippen LogP contribution in [0.1, 0.15) is 24.8 Å². The molecule has 0 aliphatic rings. The second-order valence-corrected chi connectivity index (χ2v) is 6.67. The molecule has 4 nitrogen and oxygen atoms in total. The van der Waals surface area contributed by atoms with Crippen LogP contribution in [-0.4, -0.2) is 31.0 Å². The predicted molar refractivity (Wildman–Crippen MR) is 109 cm³/mol. The van der Waals surface area contributed by atoms with Gasteiger partial charge in [0.15, 0.2) is 0 Å². The third kappa shape index (κ3) is 4.88. The lowest BCUT2D eigenvalue weighted by Gasteiger charge is -2.19. The lowest BCUT2D eigenvalue weighted by atomic mass is 10.1. The molecule has 136 valence electrons. The van der Waals surface area contributed by atoms with Crippen LogP contribution in [0, 0.1) is 0 Å². The first-order valence-corrected chi connectivity index (χ1v) is 9.32. The van der Waals surface area contributed by atoms with Crippen molar-refractivity contribution in [3.63, 3.8) is 0 Å². The fourth-order valence-electron chi connectivity index (χ4n) is 3.22. The summed E-state index contributed by atoms with van der Waals surface area (Å²) in [5, 5.41) is 4.29. The molecule has 0 bridgehead atoms. The van der Waals surface area contributed by atoms with Crippen molar-refractivity contribution in [1.82, 2.24) is 10.3 Å². The maximum absolute atomic E-state index is 12.0. The van der Waals surface area contributed by atoms with E-state index in [1.807, 2.05) is 24.3 Å². The number of fused-ring (bicyclic) bond motifs is 1. The Bertz CT molecular complexity index is 826. The number of benzene rings is 2. The number of H-pyrrole nitrogens is 1. The number of aryl methyl sites for hydroxylation is 1. The number of hydrogen-bond acceptors (Lipinski definition) is 2. The summed E-state index contributed by atoms with van der Waals surface area (Å²) in [6, 6.07) is 18.6. The van der Waals surface area contributed by atoms with Gasteiger partial charge in [-0.3, -0.25) is 4.79 Å². The van der Waals surface area contributed by atoms with Crippen LogP contribution in [0.25, 0.3) is 10.9 Å². The number of rotatable bonds is 9. The van der Waals surface area contributed by atoms with Gasteiger partial charge in [-0.25, -0.2) is 0 Å². The molecule has 2 aromatic carbocycles. The van der Waals surface area contributed by atoms with Gasteiger partial charge in [0, 0.05) is 49.3 Å². The van der Waals surface area contributed by atoms with Crippen molar-refractivity contribution >= 4 is 22.5 Å². The van der Waals surface area contributed by atoms with Crippen LogP contribution in [0.3, 0.4) is 0 Å². The van der Waals surface area contributed by atoms with Crippen LogP contribution in [0.5, 0.6) is 0 Å². The molecule has 0 radical (unpaired) electrons. The highest BCUT2D eigenvalue weighted by Crippen LogP contribution is 2.19. The molecule has 1 aromatic heterocycles. The first-order chi connectivity index (χ1) is 12.7. The molecule has 1 amide bonds. The molecule has 0 atom stereocenters. The summed E-state index contributed by atoms with van der Waals surface area (Å²) >= 11 is 0. The Balaban J connectivity index is 1.32. The van der Waals surface area contributed by atoms with Crippen molar-refractivity contribution in [1.29, 1.82) is 0 Å². The van der Waals surface area contributed by atoms with Crippen molar-refractivity contribution < 1.29 is 4.79 Å². The fraction of sp³-hybridized carbons (Fsp3) is 0.318. The van der Waals surface area contributed by atoms with Gasteiger partial charge in [0.25, 0.3) is 0 Å². The lowest BCUT2D eigenvalue weighted by molar-refractivity contribution is -0.121. The first kappa shape index (κ1) is 18.1. The second-order valence-electron chi connectivity index (χ2n) is 6.67. The van der Waals surface area contributed by atoms with Gasteiger partial charge in [0.2, 0.25) is 5.91 Å². The van der Waals surface area contributed by atoms with E-state index in [0.29, 0.717) is 6.42 Å². The third-order valence-electron chi connectivity index (χ3n) is 4.71. The van der Waals surface area contributed by atoms with Gasteiger partial charge < -0.3 is 15.2 Å². The van der Waals surface area contributed by atoms with Gasteiger partial charge in [-0.15, -0.1) is 0 Å². The summed E-state index contributed by atoms with van der Waals surface area (Å²) in [5.74, 6) is 0.146. The fourth-order valence-corrected chi connectivity index (χ4v) is 3.22. The minimum atomic E-state index is 0.146. The summed E-state index contributed by atoms with van der Waals surface area (Å²) in [5.41, 5.74) is 3.66. The van der Waals surface area contributed by atoms with Crippen LogP contribution in [0.4, 0.5) is 5.69 Å². The number of para-hydroxylation sites is 2. The molecule has 0 saturated heterocycles. The van der Waals surface area contributed by atoms with E-state index in [1.165, 1.54) is 16.6 Å². The van der Waals surface area contributed by atoms with Crippen LogP contribution < -0.4 is 10.2 Å². The predicted octanol–water partition coefficient (Wildman–Crippen LogP) is 4.13. The first-order valence-electron chi connectivity index (χ1n) is 9.32. The maximum atomic E-state index is 12.0. The van der Waals surface area contributed by atoms with E-state index in [0.717, 1.165) is 37.9 Å². The van der Waals surface area contributed by atoms with Crippen molar-refractivity contribution in [2.24, 2.45) is 0 Å². The number of aromatic amines is 1. The number of hydrogen-bond donors (Lipinski definition) is 2. The molecule has 1 heterocycles. The summed E-state index contributed by atoms with van der Waals surface area (Å²) in [6.07, 6.45) is 5.38. The largest absolute Gasteiger partial charge is 0.375 e. The average molecular weight is 349 g/mol. The van der Waals surface area contributed by atoms with Gasteiger partial charge in [-0.2, -0.15) is 0 Å². The lowest BCUT2D eigenvalue weighted by Crippen LogP contribution is -2.28. The SMILES string of the molecule is CN(CCCNC(=O)CCCc1c[nH]c2ccccc12)c1ccccc1. The number of nitrogens with zero attached hydrogens (tertiary/aromatic N) is 1.